The first-order chi connectivity index (χ1) is 9.56. The molecule has 0 atom stereocenters. The molecule has 1 saturated carbocycles. The summed E-state index contributed by atoms with van der Waals surface area (Å²) in [7, 11) is 0. The molecule has 5 heteroatoms. The van der Waals surface area contributed by atoms with Crippen LogP contribution in [0.5, 0.6) is 0 Å². The summed E-state index contributed by atoms with van der Waals surface area (Å²) in [5, 5.41) is 3.41. The van der Waals surface area contributed by atoms with Crippen molar-refractivity contribution in [2.24, 2.45) is 5.73 Å². The molecule has 0 heterocycles. The van der Waals surface area contributed by atoms with Gasteiger partial charge in [-0.2, -0.15) is 11.8 Å². The largest absolute Gasteiger partial charge is 0.399 e. The highest BCUT2D eigenvalue weighted by Crippen LogP contribution is 2.38. The minimum absolute atomic E-state index is 0.272. The summed E-state index contributed by atoms with van der Waals surface area (Å²) in [5.74, 6) is -0.443. The molecule has 0 unspecified atom stereocenters. The van der Waals surface area contributed by atoms with Gasteiger partial charge in [-0.15, -0.1) is 0 Å². The Balaban J connectivity index is 2.11. The van der Waals surface area contributed by atoms with Crippen LogP contribution in [0.4, 0.5) is 11.4 Å². The van der Waals surface area contributed by atoms with Crippen molar-refractivity contribution in [1.82, 2.24) is 0 Å². The topological polar surface area (TPSA) is 81.1 Å². The fraction of sp³-hybridized carbons (Fsp3) is 0.533. The normalized spacial score (nSPS) is 17.6. The van der Waals surface area contributed by atoms with Gasteiger partial charge in [0, 0.05) is 22.7 Å². The molecule has 1 amide bonds. The van der Waals surface area contributed by atoms with E-state index in [2.05, 4.69) is 11.6 Å². The van der Waals surface area contributed by atoms with Gasteiger partial charge in [-0.3, -0.25) is 4.79 Å². The molecule has 0 saturated heterocycles. The predicted molar refractivity (Wildman–Crippen MR) is 87.2 cm³/mol. The Labute approximate surface area is 124 Å². The van der Waals surface area contributed by atoms with Gasteiger partial charge in [0.2, 0.25) is 0 Å². The lowest BCUT2D eigenvalue weighted by Crippen LogP contribution is -2.36. The molecule has 1 aliphatic carbocycles. The molecule has 1 aromatic carbocycles. The third-order valence-electron chi connectivity index (χ3n) is 4.11. The number of nitrogen functional groups attached to an aromatic ring is 1. The molecule has 2 rings (SSSR count). The van der Waals surface area contributed by atoms with Crippen molar-refractivity contribution in [2.45, 2.75) is 36.9 Å². The van der Waals surface area contributed by atoms with E-state index in [1.54, 1.807) is 12.1 Å². The lowest BCUT2D eigenvalue weighted by Gasteiger charge is -2.36. The standard InChI is InChI=1S/C15H23N3OS/c1-20-15(7-3-2-4-8-15)10-18-13-6-5-11(16)9-12(13)14(17)19/h5-6,9,18H,2-4,7-8,10,16H2,1H3,(H2,17,19). The zero-order valence-corrected chi connectivity index (χ0v) is 12.8. The van der Waals surface area contributed by atoms with Gasteiger partial charge in [0.1, 0.15) is 0 Å². The number of primary amides is 1. The molecule has 110 valence electrons. The van der Waals surface area contributed by atoms with Gasteiger partial charge in [-0.05, 0) is 37.3 Å². The quantitative estimate of drug-likeness (QED) is 0.729. The number of nitrogens with two attached hydrogens (primary N) is 2. The van der Waals surface area contributed by atoms with Crippen LogP contribution in [0, 0.1) is 0 Å². The second-order valence-corrected chi connectivity index (χ2v) is 6.74. The van der Waals surface area contributed by atoms with E-state index in [4.69, 9.17) is 11.5 Å². The minimum atomic E-state index is -0.443. The van der Waals surface area contributed by atoms with Crippen LogP contribution in [0.25, 0.3) is 0 Å². The van der Waals surface area contributed by atoms with E-state index in [9.17, 15) is 4.79 Å². The van der Waals surface area contributed by atoms with Gasteiger partial charge in [0.15, 0.2) is 0 Å². The zero-order valence-electron chi connectivity index (χ0n) is 11.9. The molecule has 0 aliphatic heterocycles. The maximum atomic E-state index is 11.5. The number of rotatable bonds is 5. The second kappa shape index (κ2) is 6.39. The molecule has 0 radical (unpaired) electrons. The van der Waals surface area contributed by atoms with Crippen LogP contribution in [-0.4, -0.2) is 23.5 Å². The van der Waals surface area contributed by atoms with Gasteiger partial charge < -0.3 is 16.8 Å². The van der Waals surface area contributed by atoms with Crippen LogP contribution in [0.1, 0.15) is 42.5 Å². The van der Waals surface area contributed by atoms with Gasteiger partial charge in [0.05, 0.1) is 5.56 Å². The highest BCUT2D eigenvalue weighted by Gasteiger charge is 2.31. The highest BCUT2D eigenvalue weighted by molar-refractivity contribution is 8.00. The SMILES string of the molecule is CSC1(CNc2ccc(N)cc2C(N)=O)CCCCC1. The van der Waals surface area contributed by atoms with Crippen LogP contribution in [0.2, 0.25) is 0 Å². The van der Waals surface area contributed by atoms with Crippen LogP contribution in [0.3, 0.4) is 0 Å². The van der Waals surface area contributed by atoms with Crippen molar-refractivity contribution < 1.29 is 4.79 Å². The van der Waals surface area contributed by atoms with Crippen molar-refractivity contribution in [3.8, 4) is 0 Å². The number of carbonyl (C=O) groups excluding carboxylic acids is 1. The Kier molecular flexibility index (Phi) is 4.81. The van der Waals surface area contributed by atoms with Gasteiger partial charge in [0.25, 0.3) is 5.91 Å². The van der Waals surface area contributed by atoms with Crippen molar-refractivity contribution in [2.75, 3.05) is 23.9 Å². The zero-order chi connectivity index (χ0) is 14.6. The first kappa shape index (κ1) is 15.0. The van der Waals surface area contributed by atoms with Gasteiger partial charge in [-0.25, -0.2) is 0 Å². The van der Waals surface area contributed by atoms with Crippen molar-refractivity contribution in [1.29, 1.82) is 0 Å². The Morgan fingerprint density at radius 3 is 2.65 bits per heavy atom. The summed E-state index contributed by atoms with van der Waals surface area (Å²) < 4.78 is 0.272. The van der Waals surface area contributed by atoms with Crippen molar-refractivity contribution in [3.63, 3.8) is 0 Å². The van der Waals surface area contributed by atoms with E-state index in [1.165, 1.54) is 32.1 Å². The predicted octanol–water partition coefficient (Wildman–Crippen LogP) is 2.85. The van der Waals surface area contributed by atoms with Crippen LogP contribution in [-0.2, 0) is 0 Å². The molecular formula is C15H23N3OS. The number of nitrogens with one attached hydrogen (secondary N) is 1. The van der Waals surface area contributed by atoms with Crippen LogP contribution >= 0.6 is 11.8 Å². The lowest BCUT2D eigenvalue weighted by atomic mass is 9.88. The first-order valence-corrected chi connectivity index (χ1v) is 8.27. The molecule has 0 spiro atoms. The number of benzene rings is 1. The summed E-state index contributed by atoms with van der Waals surface area (Å²) in [6, 6.07) is 5.27. The molecule has 20 heavy (non-hydrogen) atoms. The molecule has 1 aromatic rings. The van der Waals surface area contributed by atoms with E-state index in [1.807, 2.05) is 17.8 Å². The number of thioether (sulfide) groups is 1. The summed E-state index contributed by atoms with van der Waals surface area (Å²) in [4.78, 5) is 11.5. The molecule has 0 bridgehead atoms. The maximum absolute atomic E-state index is 11.5. The summed E-state index contributed by atoms with van der Waals surface area (Å²) in [5.41, 5.74) is 12.9. The molecule has 1 aliphatic rings. The fourth-order valence-electron chi connectivity index (χ4n) is 2.83. The molecule has 4 nitrogen and oxygen atoms in total. The number of carbonyl (C=O) groups is 1. The van der Waals surface area contributed by atoms with Crippen molar-refractivity contribution >= 4 is 29.0 Å². The Hall–Kier alpha value is -1.36. The third-order valence-corrected chi connectivity index (χ3v) is 5.53. The van der Waals surface area contributed by atoms with E-state index in [0.717, 1.165) is 12.2 Å². The highest BCUT2D eigenvalue weighted by atomic mass is 32.2. The summed E-state index contributed by atoms with van der Waals surface area (Å²) in [6.45, 7) is 0.859. The maximum Gasteiger partial charge on any atom is 0.250 e. The second-order valence-electron chi connectivity index (χ2n) is 5.47. The fourth-order valence-corrected chi connectivity index (χ4v) is 3.74. The van der Waals surface area contributed by atoms with Crippen molar-refractivity contribution in [3.05, 3.63) is 23.8 Å². The Morgan fingerprint density at radius 2 is 2.05 bits per heavy atom. The number of hydrogen-bond acceptors (Lipinski definition) is 4. The Morgan fingerprint density at radius 1 is 1.35 bits per heavy atom. The van der Waals surface area contributed by atoms with Gasteiger partial charge in [-0.1, -0.05) is 19.3 Å². The number of hydrogen-bond donors (Lipinski definition) is 3. The van der Waals surface area contributed by atoms with Crippen LogP contribution < -0.4 is 16.8 Å². The van der Waals surface area contributed by atoms with E-state index in [0.29, 0.717) is 11.3 Å². The van der Waals surface area contributed by atoms with Crippen LogP contribution in [0.15, 0.2) is 18.2 Å². The average molecular weight is 293 g/mol. The number of anilines is 2. The first-order valence-electron chi connectivity index (χ1n) is 7.05. The smallest absolute Gasteiger partial charge is 0.250 e. The monoisotopic (exact) mass is 293 g/mol. The molecule has 1 fully saturated rings. The average Bonchev–Trinajstić information content (AvgIpc) is 2.47. The Bertz CT molecular complexity index is 484. The van der Waals surface area contributed by atoms with E-state index in [-0.39, 0.29) is 4.75 Å². The minimum Gasteiger partial charge on any atom is -0.399 e. The van der Waals surface area contributed by atoms with E-state index >= 15 is 0 Å². The third kappa shape index (κ3) is 3.39. The molecular weight excluding hydrogens is 270 g/mol. The molecule has 0 aromatic heterocycles. The number of amides is 1. The van der Waals surface area contributed by atoms with E-state index < -0.39 is 5.91 Å². The molecule has 5 N–H and O–H groups in total. The van der Waals surface area contributed by atoms with Gasteiger partial charge >= 0.3 is 0 Å². The summed E-state index contributed by atoms with van der Waals surface area (Å²) in [6.07, 6.45) is 8.52. The summed E-state index contributed by atoms with van der Waals surface area (Å²) >= 11 is 1.93. The lowest BCUT2D eigenvalue weighted by molar-refractivity contribution is 0.100.